The fourth-order valence-electron chi connectivity index (χ4n) is 18.5. The van der Waals surface area contributed by atoms with E-state index in [1.54, 1.807) is 36.4 Å². The Morgan fingerprint density at radius 3 is 0.686 bits per heavy atom. The molecule has 4 atom stereocenters. The molecule has 696 valence electrons. The van der Waals surface area contributed by atoms with Crippen LogP contribution in [0.5, 0.6) is 0 Å². The Hall–Kier alpha value is -13.3. The Morgan fingerprint density at radius 1 is 0.271 bits per heavy atom. The van der Waals surface area contributed by atoms with Crippen LogP contribution in [0.15, 0.2) is 529 Å². The van der Waals surface area contributed by atoms with E-state index < -0.39 is 32.1 Å². The number of nitrogens with zero attached hydrogens (tertiary/aromatic N) is 4. The summed E-state index contributed by atoms with van der Waals surface area (Å²) in [6.45, 7) is 3.88. The van der Waals surface area contributed by atoms with Crippen molar-refractivity contribution in [3.05, 3.63) is 566 Å². The van der Waals surface area contributed by atoms with Crippen LogP contribution in [0, 0.1) is 26.0 Å². The zero-order valence-corrected chi connectivity index (χ0v) is 84.6. The molecule has 140 heavy (non-hydrogen) atoms. The predicted molar refractivity (Wildman–Crippen MR) is 562 cm³/mol. The molecule has 20 aromatic rings. The van der Waals surface area contributed by atoms with E-state index in [4.69, 9.17) is 9.98 Å². The van der Waals surface area contributed by atoms with Gasteiger partial charge in [-0.1, -0.05) is 549 Å². The van der Waals surface area contributed by atoms with Gasteiger partial charge in [-0.05, 0) is 94.3 Å². The molecule has 0 radical (unpaired) electrons. The molecule has 0 aliphatic carbocycles. The van der Waals surface area contributed by atoms with Gasteiger partial charge in [0, 0.05) is 0 Å². The van der Waals surface area contributed by atoms with E-state index in [1.807, 2.05) is 184 Å². The first kappa shape index (κ1) is 101. The molecule has 0 spiro atoms. The number of sulfonamides is 2. The van der Waals surface area contributed by atoms with Crippen LogP contribution in [-0.2, 0) is 90.5 Å². The minimum absolute atomic E-state index is 0. The van der Waals surface area contributed by atoms with Gasteiger partial charge < -0.3 is 30.7 Å². The monoisotopic (exact) mass is 2160 g/mol. The number of halogens is 2. The number of amidine groups is 2. The molecule has 8 nitrogen and oxygen atoms in total. The first-order valence-corrected chi connectivity index (χ1v) is 52.2. The van der Waals surface area contributed by atoms with Crippen LogP contribution in [0.4, 0.5) is 0 Å². The van der Waals surface area contributed by atoms with Gasteiger partial charge in [0.2, 0.25) is 0 Å². The quantitative estimate of drug-likeness (QED) is 0.0560. The summed E-state index contributed by atoms with van der Waals surface area (Å²) >= 11 is 4.44. The van der Waals surface area contributed by atoms with Gasteiger partial charge in [-0.2, -0.15) is 0 Å². The van der Waals surface area contributed by atoms with E-state index in [-0.39, 0.29) is 56.0 Å². The minimum Gasteiger partial charge on any atom is -0.0999 e. The zero-order valence-electron chi connectivity index (χ0n) is 76.1. The van der Waals surface area contributed by atoms with E-state index in [0.717, 1.165) is 33.4 Å². The molecule has 2 aliphatic heterocycles. The Kier molecular flexibility index (Phi) is 35.1. The maximum atomic E-state index is 14.0. The van der Waals surface area contributed by atoms with Crippen LogP contribution in [-0.4, -0.2) is 37.1 Å². The smallest absolute Gasteiger partial charge is 0.0999 e. The molecular formula is C124H94Cl2Fe2N4O4Pd2S2. The van der Waals surface area contributed by atoms with E-state index in [2.05, 4.69) is 371 Å². The van der Waals surface area contributed by atoms with Crippen molar-refractivity contribution >= 4 is 50.8 Å². The third-order valence-electron chi connectivity index (χ3n) is 24.6. The Balaban J connectivity index is 0.000000139. The van der Waals surface area contributed by atoms with Crippen LogP contribution in [0.3, 0.4) is 0 Å². The molecule has 2 heterocycles. The number of hydrogen-bond acceptors (Lipinski definition) is 6. The molecule has 16 heteroatoms. The fourth-order valence-corrected chi connectivity index (χ4v) is 21.7. The third kappa shape index (κ3) is 22.3. The van der Waals surface area contributed by atoms with Crippen molar-refractivity contribution in [3.8, 4) is 111 Å². The van der Waals surface area contributed by atoms with E-state index in [1.165, 1.54) is 120 Å². The van der Waals surface area contributed by atoms with Crippen LogP contribution in [0.2, 0.25) is 0 Å². The Labute approximate surface area is 873 Å². The standard InChI is InChI=1S/2C35H25.2C27H22N2O2S.2ClH.2Fe.2Pd/c2*1-6-16-26(17-7-1)31-32(27-18-8-2-9-19-27)34(29-22-12-4-13-23-29)35(30-24-14-5-15-25-30)33(31)28-20-10-3-11-21-28;2*1-20-16-18-24(19-17-20)32(30,31)29-26(22-12-6-3-7-13-22)25(21-10-4-2-5-11-21)28-27(29)23-14-8-9-15-23;;;;;;/h2*1-25H;2*2-14,16-19,25-26H,1H3;2*1H;;;;/q2*-1;2*-2;;;4*+2/p-2/t;;2*25-,26-;;;;;;/m..11....../s1. The van der Waals surface area contributed by atoms with Crippen LogP contribution < -0.4 is 0 Å². The first-order chi connectivity index (χ1) is 67.9. The van der Waals surface area contributed by atoms with Crippen molar-refractivity contribution in [2.45, 2.75) is 47.8 Å². The summed E-state index contributed by atoms with van der Waals surface area (Å²) in [6, 6.07) is 177. The Morgan fingerprint density at radius 2 is 0.471 bits per heavy atom. The van der Waals surface area contributed by atoms with Crippen molar-refractivity contribution in [2.75, 3.05) is 0 Å². The molecule has 0 amide bonds. The fraction of sp³-hybridized carbons (Fsp3) is 0.0484. The SMILES string of the molecule is Cc1ccc(S(=O)(=O)N2C(c3[c-]cc[cH-]3)=N[C@H](c3ccccc3)[C@H]2c2ccccc2)cc1.Cc1ccc(S(=O)(=O)N2C(c3[c-]cc[cH-]3)=N[C@H](c3ccccc3)[C@H]2c2ccccc2)cc1.[Cl][Pd+].[Cl][Pd+].[Fe+2].[Fe+2].c1ccc(-c2c(-c3ccccc3)c(-c3ccccc3)[c-](-c3ccccc3)c2-c2ccccc2)cc1.c1ccc(-c2c(-c3ccccc3)c(-c3ccccc3)[c-](-c3ccccc3)c2-c2ccccc2)cc1. The number of aliphatic imine (C=N–C) groups is 2. The summed E-state index contributed by atoms with van der Waals surface area (Å²) in [5.74, 6) is 0.830. The van der Waals surface area contributed by atoms with Gasteiger partial charge in [0.25, 0.3) is 20.0 Å². The molecule has 22 rings (SSSR count). The molecule has 0 unspecified atom stereocenters. The molecule has 0 bridgehead atoms. The van der Waals surface area contributed by atoms with Gasteiger partial charge in [0.15, 0.2) is 0 Å². The molecule has 0 aromatic heterocycles. The van der Waals surface area contributed by atoms with Crippen LogP contribution in [0.25, 0.3) is 111 Å². The van der Waals surface area contributed by atoms with Crippen molar-refractivity contribution in [3.63, 3.8) is 0 Å². The molecule has 20 aromatic carbocycles. The second-order valence-corrected chi connectivity index (χ2v) is 36.8. The summed E-state index contributed by atoms with van der Waals surface area (Å²) in [5.41, 5.74) is 32.1. The van der Waals surface area contributed by atoms with Crippen molar-refractivity contribution in [2.24, 2.45) is 9.98 Å². The summed E-state index contributed by atoms with van der Waals surface area (Å²) in [4.78, 5) is 10.5. The number of aryl methyl sites for hydroxylation is 2. The number of benzene rings is 16. The molecule has 0 saturated heterocycles. The predicted octanol–water partition coefficient (Wildman–Crippen LogP) is 31.7. The average Bonchev–Trinajstić information content (AvgIpc) is 1.54. The second-order valence-electron chi connectivity index (χ2n) is 33.1. The summed E-state index contributed by atoms with van der Waals surface area (Å²) in [7, 11) is 1.21. The van der Waals surface area contributed by atoms with Gasteiger partial charge >= 0.3 is 89.6 Å². The molecule has 2 aliphatic rings. The molecule has 0 N–H and O–H groups in total. The maximum absolute atomic E-state index is 14.0. The van der Waals surface area contributed by atoms with Crippen LogP contribution in [0.1, 0.15) is 68.7 Å². The van der Waals surface area contributed by atoms with Crippen molar-refractivity contribution < 1.29 is 87.3 Å². The average molecular weight is 2160 g/mol. The zero-order chi connectivity index (χ0) is 95.2. The summed E-state index contributed by atoms with van der Waals surface area (Å²) in [6.07, 6.45) is 0. The molecule has 0 fully saturated rings. The molecular weight excluding hydrogens is 2070 g/mol. The van der Waals surface area contributed by atoms with E-state index >= 15 is 0 Å². The van der Waals surface area contributed by atoms with Crippen molar-refractivity contribution in [1.82, 2.24) is 8.61 Å². The summed E-state index contributed by atoms with van der Waals surface area (Å²) < 4.78 is 59.1. The van der Waals surface area contributed by atoms with E-state index in [0.29, 0.717) is 22.8 Å². The van der Waals surface area contributed by atoms with Crippen LogP contribution >= 0.6 is 19.1 Å². The van der Waals surface area contributed by atoms with Gasteiger partial charge in [0.05, 0.1) is 34.0 Å². The van der Waals surface area contributed by atoms with Gasteiger partial charge in [0.1, 0.15) is 0 Å². The third-order valence-corrected chi connectivity index (χ3v) is 28.1. The topological polar surface area (TPSA) is 99.5 Å². The first-order valence-electron chi connectivity index (χ1n) is 45.3. The number of hydrogen-bond donors (Lipinski definition) is 0. The summed E-state index contributed by atoms with van der Waals surface area (Å²) in [5, 5.41) is 0. The van der Waals surface area contributed by atoms with Gasteiger partial charge in [-0.25, -0.2) is 16.8 Å². The minimum atomic E-state index is -3.89. The van der Waals surface area contributed by atoms with E-state index in [9.17, 15) is 16.8 Å². The van der Waals surface area contributed by atoms with Gasteiger partial charge in [-0.15, -0.1) is 0 Å². The maximum Gasteiger partial charge on any atom is 2.00 e. The normalized spacial score (nSPS) is 14.0. The largest absolute Gasteiger partial charge is 2.00 e. The second kappa shape index (κ2) is 48.5. The number of rotatable bonds is 20. The Bertz CT molecular complexity index is 6540. The molecule has 0 saturated carbocycles. The van der Waals surface area contributed by atoms with Gasteiger partial charge in [-0.3, -0.25) is 47.5 Å². The van der Waals surface area contributed by atoms with Crippen molar-refractivity contribution in [1.29, 1.82) is 0 Å².